The van der Waals surface area contributed by atoms with Crippen molar-refractivity contribution in [3.63, 3.8) is 0 Å². The van der Waals surface area contributed by atoms with Crippen LogP contribution in [0.3, 0.4) is 0 Å². The minimum Gasteiger partial charge on any atom is -0.339 e. The molecule has 0 aromatic heterocycles. The number of thioether (sulfide) groups is 1. The molecule has 20 heavy (non-hydrogen) atoms. The van der Waals surface area contributed by atoms with Gasteiger partial charge in [0.1, 0.15) is 0 Å². The highest BCUT2D eigenvalue weighted by Gasteiger charge is 2.19. The number of hydrogen-bond donors (Lipinski definition) is 1. The van der Waals surface area contributed by atoms with Crippen molar-refractivity contribution in [1.82, 2.24) is 10.2 Å². The first-order chi connectivity index (χ1) is 9.74. The SMILES string of the molecule is CSC(=Nc1cccc(C(=O)N2CCCC2)c1)NC#N. The predicted octanol–water partition coefficient (Wildman–Crippen LogP) is 2.34. The number of nitrogens with zero attached hydrogens (tertiary/aromatic N) is 3. The van der Waals surface area contributed by atoms with Crippen LogP contribution in [0.5, 0.6) is 0 Å². The quantitative estimate of drug-likeness (QED) is 0.392. The minimum atomic E-state index is 0.0542. The van der Waals surface area contributed by atoms with E-state index in [4.69, 9.17) is 5.26 Å². The number of likely N-dealkylation sites (tertiary alicyclic amines) is 1. The van der Waals surface area contributed by atoms with E-state index in [1.54, 1.807) is 12.1 Å². The molecule has 1 aromatic rings. The van der Waals surface area contributed by atoms with Gasteiger partial charge in [0.25, 0.3) is 5.91 Å². The molecule has 6 heteroatoms. The second kappa shape index (κ2) is 6.96. The normalized spacial score (nSPS) is 15.0. The fraction of sp³-hybridized carbons (Fsp3) is 0.357. The van der Waals surface area contributed by atoms with Crippen LogP contribution in [0.25, 0.3) is 0 Å². The third kappa shape index (κ3) is 3.52. The van der Waals surface area contributed by atoms with Gasteiger partial charge in [-0.1, -0.05) is 17.8 Å². The van der Waals surface area contributed by atoms with E-state index >= 15 is 0 Å². The zero-order valence-corrected chi connectivity index (χ0v) is 12.1. The smallest absolute Gasteiger partial charge is 0.253 e. The van der Waals surface area contributed by atoms with Crippen LogP contribution in [0, 0.1) is 11.5 Å². The first-order valence-corrected chi connectivity index (χ1v) is 7.64. The number of hydrogen-bond acceptors (Lipinski definition) is 4. The van der Waals surface area contributed by atoms with E-state index in [-0.39, 0.29) is 5.91 Å². The number of amidine groups is 1. The predicted molar refractivity (Wildman–Crippen MR) is 80.9 cm³/mol. The molecule has 0 saturated carbocycles. The van der Waals surface area contributed by atoms with Gasteiger partial charge < -0.3 is 4.90 Å². The first kappa shape index (κ1) is 14.4. The largest absolute Gasteiger partial charge is 0.339 e. The molecule has 0 bridgehead atoms. The molecule has 0 unspecified atom stereocenters. The summed E-state index contributed by atoms with van der Waals surface area (Å²) in [4.78, 5) is 18.5. The van der Waals surface area contributed by atoms with Crippen molar-refractivity contribution in [3.8, 4) is 6.19 Å². The molecule has 1 aliphatic heterocycles. The van der Waals surface area contributed by atoms with E-state index in [2.05, 4.69) is 10.3 Å². The van der Waals surface area contributed by atoms with Gasteiger partial charge in [-0.2, -0.15) is 5.26 Å². The fourth-order valence-electron chi connectivity index (χ4n) is 2.10. The summed E-state index contributed by atoms with van der Waals surface area (Å²) in [6.07, 6.45) is 5.83. The van der Waals surface area contributed by atoms with Crippen molar-refractivity contribution >= 4 is 28.5 Å². The maximum Gasteiger partial charge on any atom is 0.253 e. The maximum atomic E-state index is 12.3. The molecular formula is C14H16N4OS. The molecular weight excluding hydrogens is 272 g/mol. The Morgan fingerprint density at radius 1 is 1.45 bits per heavy atom. The topological polar surface area (TPSA) is 68.5 Å². The van der Waals surface area contributed by atoms with Crippen molar-refractivity contribution < 1.29 is 4.79 Å². The van der Waals surface area contributed by atoms with E-state index < -0.39 is 0 Å². The van der Waals surface area contributed by atoms with Crippen LogP contribution in [0.2, 0.25) is 0 Å². The number of carbonyl (C=O) groups excluding carboxylic acids is 1. The monoisotopic (exact) mass is 288 g/mol. The zero-order valence-electron chi connectivity index (χ0n) is 11.3. The number of nitriles is 1. The molecule has 0 spiro atoms. The first-order valence-electron chi connectivity index (χ1n) is 6.41. The molecule has 0 radical (unpaired) electrons. The molecule has 1 N–H and O–H groups in total. The Morgan fingerprint density at radius 3 is 2.85 bits per heavy atom. The summed E-state index contributed by atoms with van der Waals surface area (Å²) in [5.41, 5.74) is 1.31. The molecule has 0 aliphatic carbocycles. The summed E-state index contributed by atoms with van der Waals surface area (Å²) in [5, 5.41) is 11.6. The van der Waals surface area contributed by atoms with Gasteiger partial charge in [0.2, 0.25) is 0 Å². The Morgan fingerprint density at radius 2 is 2.20 bits per heavy atom. The number of carbonyl (C=O) groups is 1. The molecule has 2 rings (SSSR count). The van der Waals surface area contributed by atoms with Gasteiger partial charge in [0.15, 0.2) is 11.4 Å². The van der Waals surface area contributed by atoms with Gasteiger partial charge in [0.05, 0.1) is 5.69 Å². The Kier molecular flexibility index (Phi) is 5.02. The van der Waals surface area contributed by atoms with Crippen molar-refractivity contribution in [3.05, 3.63) is 29.8 Å². The Hall–Kier alpha value is -2.00. The van der Waals surface area contributed by atoms with E-state index in [9.17, 15) is 4.79 Å². The number of amides is 1. The Bertz CT molecular complexity index is 559. The van der Waals surface area contributed by atoms with E-state index in [0.717, 1.165) is 25.9 Å². The van der Waals surface area contributed by atoms with Crippen molar-refractivity contribution in [2.75, 3.05) is 19.3 Å². The summed E-state index contributed by atoms with van der Waals surface area (Å²) in [5.74, 6) is 0.0542. The number of nitrogens with one attached hydrogen (secondary N) is 1. The van der Waals surface area contributed by atoms with Gasteiger partial charge in [-0.3, -0.25) is 10.1 Å². The van der Waals surface area contributed by atoms with Gasteiger partial charge in [0, 0.05) is 18.7 Å². The van der Waals surface area contributed by atoms with Crippen LogP contribution in [0.4, 0.5) is 5.69 Å². The maximum absolute atomic E-state index is 12.3. The molecule has 1 amide bonds. The van der Waals surface area contributed by atoms with Gasteiger partial charge in [-0.05, 0) is 37.3 Å². The fourth-order valence-corrected chi connectivity index (χ4v) is 2.45. The lowest BCUT2D eigenvalue weighted by atomic mass is 10.2. The molecule has 0 atom stereocenters. The highest BCUT2D eigenvalue weighted by molar-refractivity contribution is 8.13. The van der Waals surface area contributed by atoms with Crippen LogP contribution in [-0.4, -0.2) is 35.3 Å². The second-order valence-electron chi connectivity index (χ2n) is 4.41. The van der Waals surface area contributed by atoms with Crippen molar-refractivity contribution in [2.45, 2.75) is 12.8 Å². The molecule has 1 fully saturated rings. The molecule has 1 saturated heterocycles. The molecule has 1 aromatic carbocycles. The van der Waals surface area contributed by atoms with E-state index in [0.29, 0.717) is 16.4 Å². The standard InChI is InChI=1S/C14H16N4OS/c1-20-14(16-10-15)17-12-6-4-5-11(9-12)13(19)18-7-2-3-8-18/h4-6,9H,2-3,7-8H2,1H3,(H,16,17). The number of aliphatic imine (C=N–C) groups is 1. The van der Waals surface area contributed by atoms with Crippen LogP contribution in [0.1, 0.15) is 23.2 Å². The summed E-state index contributed by atoms with van der Waals surface area (Å²) in [6, 6.07) is 7.19. The molecule has 1 heterocycles. The van der Waals surface area contributed by atoms with E-state index in [1.807, 2.05) is 29.5 Å². The summed E-state index contributed by atoms with van der Waals surface area (Å²) in [7, 11) is 0. The van der Waals surface area contributed by atoms with Gasteiger partial charge >= 0.3 is 0 Å². The molecule has 1 aliphatic rings. The lowest BCUT2D eigenvalue weighted by Gasteiger charge is -2.15. The number of benzene rings is 1. The highest BCUT2D eigenvalue weighted by atomic mass is 32.2. The van der Waals surface area contributed by atoms with Crippen LogP contribution >= 0.6 is 11.8 Å². The van der Waals surface area contributed by atoms with Crippen LogP contribution < -0.4 is 5.32 Å². The average Bonchev–Trinajstić information content (AvgIpc) is 3.00. The van der Waals surface area contributed by atoms with E-state index in [1.165, 1.54) is 11.8 Å². The highest BCUT2D eigenvalue weighted by Crippen LogP contribution is 2.19. The summed E-state index contributed by atoms with van der Waals surface area (Å²) >= 11 is 1.35. The van der Waals surface area contributed by atoms with Crippen LogP contribution in [-0.2, 0) is 0 Å². The van der Waals surface area contributed by atoms with Crippen LogP contribution in [0.15, 0.2) is 29.3 Å². The van der Waals surface area contributed by atoms with Crippen molar-refractivity contribution in [2.24, 2.45) is 4.99 Å². The zero-order chi connectivity index (χ0) is 14.4. The Labute approximate surface area is 122 Å². The second-order valence-corrected chi connectivity index (χ2v) is 5.20. The molecule has 104 valence electrons. The van der Waals surface area contributed by atoms with Crippen molar-refractivity contribution in [1.29, 1.82) is 5.26 Å². The third-order valence-electron chi connectivity index (χ3n) is 3.07. The summed E-state index contributed by atoms with van der Waals surface area (Å²) < 4.78 is 0. The third-order valence-corrected chi connectivity index (χ3v) is 3.65. The lowest BCUT2D eigenvalue weighted by Crippen LogP contribution is -2.27. The minimum absolute atomic E-state index is 0.0542. The number of rotatable bonds is 2. The summed E-state index contributed by atoms with van der Waals surface area (Å²) in [6.45, 7) is 1.66. The Balaban J connectivity index is 2.19. The lowest BCUT2D eigenvalue weighted by molar-refractivity contribution is 0.0793. The molecule has 5 nitrogen and oxygen atoms in total. The average molecular weight is 288 g/mol. The van der Waals surface area contributed by atoms with Gasteiger partial charge in [-0.25, -0.2) is 4.99 Å². The van der Waals surface area contributed by atoms with Gasteiger partial charge in [-0.15, -0.1) is 0 Å².